The van der Waals surface area contributed by atoms with Crippen LogP contribution in [0.1, 0.15) is 56.5 Å². The van der Waals surface area contributed by atoms with Crippen LogP contribution >= 0.6 is 11.6 Å². The molecule has 2 aliphatic rings. The van der Waals surface area contributed by atoms with Crippen LogP contribution in [-0.2, 0) is 9.53 Å². The van der Waals surface area contributed by atoms with Gasteiger partial charge in [0.2, 0.25) is 5.91 Å². The van der Waals surface area contributed by atoms with Crippen molar-refractivity contribution < 1.29 is 23.8 Å². The third-order valence-electron chi connectivity index (χ3n) is 8.93. The number of nitrogens with zero attached hydrogens (tertiary/aromatic N) is 6. The maximum atomic E-state index is 16.0. The van der Waals surface area contributed by atoms with Gasteiger partial charge in [0.1, 0.15) is 30.4 Å². The second-order valence-corrected chi connectivity index (χ2v) is 12.8. The van der Waals surface area contributed by atoms with Crippen molar-refractivity contribution in [2.75, 3.05) is 37.7 Å². The molecule has 0 radical (unpaired) electrons. The number of aromatic nitrogens is 4. The summed E-state index contributed by atoms with van der Waals surface area (Å²) >= 11 is 6.31. The van der Waals surface area contributed by atoms with Crippen molar-refractivity contribution in [3.05, 3.63) is 81.3 Å². The molecule has 4 aromatic rings. The van der Waals surface area contributed by atoms with Gasteiger partial charge in [-0.3, -0.25) is 9.78 Å². The normalized spacial score (nSPS) is 19.4. The summed E-state index contributed by atoms with van der Waals surface area (Å²) in [5.74, 6) is -0.553. The summed E-state index contributed by atoms with van der Waals surface area (Å²) in [4.78, 5) is 44.8. The van der Waals surface area contributed by atoms with Gasteiger partial charge in [-0.1, -0.05) is 32.0 Å². The van der Waals surface area contributed by atoms with Crippen molar-refractivity contribution in [3.63, 3.8) is 0 Å². The highest BCUT2D eigenvalue weighted by atomic mass is 35.5. The number of carbonyl (C=O) groups is 1. The standard InChI is InChI=1S/C35H38ClFN6O5/c1-7-26(44)41-13-14-42(20(6)16-41)33-22-15-19(5)30-27-24(10-9-23(36)28(27)37)48-17-25(47-8-2)32(45)21-11-12-38-29(18(3)4)31(21)43(34(22)39-30)35(46)40-33/h7,9-12,15,18,20,25,32,45H,1,8,13-14,16-17H2,2-6H3/t20-,25?,32?/m0/s1. The number of aliphatic hydroxyl groups is 1. The Morgan fingerprint density at radius 3 is 2.73 bits per heavy atom. The number of anilines is 1. The van der Waals surface area contributed by atoms with Gasteiger partial charge >= 0.3 is 5.69 Å². The van der Waals surface area contributed by atoms with Gasteiger partial charge in [0.05, 0.1) is 33.0 Å². The number of rotatable bonds is 5. The Bertz CT molecular complexity index is 1980. The quantitative estimate of drug-likeness (QED) is 0.287. The predicted octanol–water partition coefficient (Wildman–Crippen LogP) is 5.12. The topological polar surface area (TPSA) is 123 Å². The van der Waals surface area contributed by atoms with E-state index in [9.17, 15) is 14.7 Å². The van der Waals surface area contributed by atoms with E-state index >= 15 is 4.39 Å². The first kappa shape index (κ1) is 33.5. The first-order valence-electron chi connectivity index (χ1n) is 16.0. The number of benzene rings is 1. The number of halogens is 2. The van der Waals surface area contributed by atoms with Gasteiger partial charge in [0.25, 0.3) is 0 Å². The average molecular weight is 677 g/mol. The van der Waals surface area contributed by atoms with Crippen LogP contribution in [0.4, 0.5) is 10.2 Å². The number of amides is 1. The monoisotopic (exact) mass is 676 g/mol. The Labute approximate surface area is 282 Å². The molecule has 1 amide bonds. The lowest BCUT2D eigenvalue weighted by atomic mass is 9.97. The fraction of sp³-hybridized carbons (Fsp3) is 0.400. The van der Waals surface area contributed by atoms with E-state index in [2.05, 4.69) is 16.5 Å². The molecule has 1 saturated heterocycles. The molecular weight excluding hydrogens is 639 g/mol. The number of carbonyl (C=O) groups excluding carboxylic acids is 1. The van der Waals surface area contributed by atoms with Gasteiger partial charge in [0, 0.05) is 44.0 Å². The summed E-state index contributed by atoms with van der Waals surface area (Å²) < 4.78 is 29.5. The van der Waals surface area contributed by atoms with E-state index in [0.717, 1.165) is 0 Å². The summed E-state index contributed by atoms with van der Waals surface area (Å²) in [5, 5.41) is 12.3. The maximum absolute atomic E-state index is 16.0. The number of ether oxygens (including phenoxy) is 2. The van der Waals surface area contributed by atoms with Crippen LogP contribution in [0.15, 0.2) is 47.9 Å². The molecule has 1 N–H and O–H groups in total. The van der Waals surface area contributed by atoms with E-state index in [4.69, 9.17) is 26.1 Å². The van der Waals surface area contributed by atoms with Gasteiger partial charge in [-0.25, -0.2) is 18.7 Å². The van der Waals surface area contributed by atoms with Crippen molar-refractivity contribution in [3.8, 4) is 22.7 Å². The smallest absolute Gasteiger partial charge is 0.355 e. The van der Waals surface area contributed by atoms with E-state index in [1.807, 2.05) is 31.7 Å². The zero-order chi connectivity index (χ0) is 34.4. The van der Waals surface area contributed by atoms with Crippen LogP contribution in [-0.4, -0.2) is 80.4 Å². The maximum Gasteiger partial charge on any atom is 0.355 e. The molecule has 0 spiro atoms. The summed E-state index contributed by atoms with van der Waals surface area (Å²) in [6, 6.07) is 6.22. The van der Waals surface area contributed by atoms with Crippen molar-refractivity contribution in [1.29, 1.82) is 0 Å². The van der Waals surface area contributed by atoms with E-state index in [1.54, 1.807) is 37.1 Å². The number of hydrogen-bond acceptors (Lipinski definition) is 9. The van der Waals surface area contributed by atoms with E-state index < -0.39 is 23.7 Å². The molecule has 13 heteroatoms. The molecule has 3 atom stereocenters. The number of pyridine rings is 2. The van der Waals surface area contributed by atoms with Crippen LogP contribution in [0.3, 0.4) is 0 Å². The Balaban J connectivity index is 1.73. The van der Waals surface area contributed by atoms with E-state index in [1.165, 1.54) is 16.7 Å². The highest BCUT2D eigenvalue weighted by Crippen LogP contribution is 2.41. The second kappa shape index (κ2) is 13.3. The zero-order valence-electron chi connectivity index (χ0n) is 27.5. The molecule has 1 fully saturated rings. The summed E-state index contributed by atoms with van der Waals surface area (Å²) in [6.45, 7) is 14.3. The van der Waals surface area contributed by atoms with Gasteiger partial charge in [-0.05, 0) is 62.6 Å². The fourth-order valence-electron chi connectivity index (χ4n) is 6.59. The lowest BCUT2D eigenvalue weighted by molar-refractivity contribution is -0.126. The molecule has 1 aromatic carbocycles. The molecule has 2 unspecified atom stereocenters. The Morgan fingerprint density at radius 1 is 1.27 bits per heavy atom. The van der Waals surface area contributed by atoms with Crippen LogP contribution in [0.5, 0.6) is 5.75 Å². The molecule has 5 heterocycles. The molecule has 11 nitrogen and oxygen atoms in total. The molecule has 3 aromatic heterocycles. The molecule has 6 rings (SSSR count). The number of piperazine rings is 1. The van der Waals surface area contributed by atoms with Crippen LogP contribution in [0, 0.1) is 12.7 Å². The number of fused-ring (bicyclic) bond motifs is 5. The zero-order valence-corrected chi connectivity index (χ0v) is 28.3. The minimum Gasteiger partial charge on any atom is -0.490 e. The lowest BCUT2D eigenvalue weighted by Crippen LogP contribution is -2.54. The van der Waals surface area contributed by atoms with E-state index in [-0.39, 0.29) is 58.8 Å². The van der Waals surface area contributed by atoms with E-state index in [0.29, 0.717) is 53.3 Å². The first-order chi connectivity index (χ1) is 23.0. The van der Waals surface area contributed by atoms with Crippen LogP contribution in [0.25, 0.3) is 28.0 Å². The van der Waals surface area contributed by atoms with Crippen molar-refractivity contribution in [2.24, 2.45) is 0 Å². The molecule has 0 saturated carbocycles. The lowest BCUT2D eigenvalue weighted by Gasteiger charge is -2.40. The second-order valence-electron chi connectivity index (χ2n) is 12.4. The van der Waals surface area contributed by atoms with Crippen LogP contribution in [0.2, 0.25) is 5.02 Å². The average Bonchev–Trinajstić information content (AvgIpc) is 3.06. The fourth-order valence-corrected chi connectivity index (χ4v) is 6.74. The summed E-state index contributed by atoms with van der Waals surface area (Å²) in [5.41, 5.74) is 1.59. The van der Waals surface area contributed by atoms with Crippen LogP contribution < -0.4 is 15.3 Å². The summed E-state index contributed by atoms with van der Waals surface area (Å²) in [6.07, 6.45) is 0.700. The highest BCUT2D eigenvalue weighted by Gasteiger charge is 2.34. The van der Waals surface area contributed by atoms with Gasteiger partial charge in [0.15, 0.2) is 11.5 Å². The molecule has 0 aliphatic carbocycles. The van der Waals surface area contributed by atoms with Gasteiger partial charge in [-0.2, -0.15) is 4.98 Å². The Morgan fingerprint density at radius 2 is 2.04 bits per heavy atom. The third kappa shape index (κ3) is 5.71. The highest BCUT2D eigenvalue weighted by molar-refractivity contribution is 6.31. The largest absolute Gasteiger partial charge is 0.490 e. The number of aryl methyl sites for hydroxylation is 1. The van der Waals surface area contributed by atoms with Crippen molar-refractivity contribution in [1.82, 2.24) is 24.4 Å². The SMILES string of the molecule is C=CC(=O)N1CCN(c2nc(=O)n3c4nc(c(C)cc24)-c2c(ccc(Cl)c2F)OCC(OCC)C(O)c2ccnc(C(C)C)c2-3)[C@@H](C)C1. The number of aliphatic hydroxyl groups excluding tert-OH is 1. The molecular formula is C35H38ClFN6O5. The van der Waals surface area contributed by atoms with Gasteiger partial charge < -0.3 is 24.4 Å². The molecule has 2 aliphatic heterocycles. The molecule has 252 valence electrons. The minimum atomic E-state index is -1.28. The minimum absolute atomic E-state index is 0.0185. The van der Waals surface area contributed by atoms with Crippen molar-refractivity contribution in [2.45, 2.75) is 58.8 Å². The summed E-state index contributed by atoms with van der Waals surface area (Å²) in [7, 11) is 0. The predicted molar refractivity (Wildman–Crippen MR) is 182 cm³/mol. The molecule has 48 heavy (non-hydrogen) atoms. The Hall–Kier alpha value is -4.39. The number of hydrogen-bond donors (Lipinski definition) is 1. The molecule has 2 bridgehead atoms. The van der Waals surface area contributed by atoms with Crippen molar-refractivity contribution >= 4 is 34.4 Å². The first-order valence-corrected chi connectivity index (χ1v) is 16.4. The third-order valence-corrected chi connectivity index (χ3v) is 9.22. The van der Waals surface area contributed by atoms with Gasteiger partial charge in [-0.15, -0.1) is 0 Å². The Kier molecular flexibility index (Phi) is 9.25.